The van der Waals surface area contributed by atoms with E-state index in [0.717, 1.165) is 17.7 Å². The van der Waals surface area contributed by atoms with Crippen LogP contribution in [-0.2, 0) is 0 Å². The van der Waals surface area contributed by atoms with E-state index >= 15 is 0 Å². The van der Waals surface area contributed by atoms with Gasteiger partial charge in [-0.3, -0.25) is 0 Å². The van der Waals surface area contributed by atoms with Gasteiger partial charge < -0.3 is 16.2 Å². The Morgan fingerprint density at radius 2 is 2.12 bits per heavy atom. The third-order valence-corrected chi connectivity index (χ3v) is 2.19. The molecule has 0 radical (unpaired) electrons. The molecule has 5 nitrogen and oxygen atoms in total. The van der Waals surface area contributed by atoms with Crippen molar-refractivity contribution >= 4 is 12.2 Å². The second-order valence-corrected chi connectivity index (χ2v) is 3.64. The minimum Gasteiger partial charge on any atom is -0.490 e. The van der Waals surface area contributed by atoms with E-state index in [1.165, 1.54) is 0 Å². The first-order valence-electron chi connectivity index (χ1n) is 5.51. The molecule has 1 aromatic rings. The molecule has 0 bridgehead atoms. The summed E-state index contributed by atoms with van der Waals surface area (Å²) in [6.45, 7) is 4.09. The Morgan fingerprint density at radius 3 is 2.76 bits per heavy atom. The van der Waals surface area contributed by atoms with Crippen molar-refractivity contribution in [2.75, 3.05) is 0 Å². The van der Waals surface area contributed by atoms with E-state index in [-0.39, 0.29) is 12.1 Å². The first-order valence-corrected chi connectivity index (χ1v) is 5.51. The van der Waals surface area contributed by atoms with E-state index in [9.17, 15) is 0 Å². The van der Waals surface area contributed by atoms with Crippen molar-refractivity contribution < 1.29 is 4.74 Å². The molecule has 0 aliphatic rings. The Kier molecular flexibility index (Phi) is 5.00. The third-order valence-electron chi connectivity index (χ3n) is 2.19. The first-order chi connectivity index (χ1) is 8.13. The number of para-hydroxylation sites is 1. The number of nitrogens with zero attached hydrogens (tertiary/aromatic N) is 2. The SMILES string of the molecule is CCC(C)Oc1ccccc1C=NN=C(N)N. The van der Waals surface area contributed by atoms with Crippen molar-refractivity contribution in [3.63, 3.8) is 0 Å². The van der Waals surface area contributed by atoms with Gasteiger partial charge in [0, 0.05) is 5.56 Å². The Labute approximate surface area is 101 Å². The summed E-state index contributed by atoms with van der Waals surface area (Å²) >= 11 is 0. The lowest BCUT2D eigenvalue weighted by atomic mass is 10.2. The highest BCUT2D eigenvalue weighted by Gasteiger charge is 2.04. The summed E-state index contributed by atoms with van der Waals surface area (Å²) in [6.07, 6.45) is 2.67. The van der Waals surface area contributed by atoms with Crippen LogP contribution in [0.3, 0.4) is 0 Å². The molecule has 0 spiro atoms. The molecule has 1 unspecified atom stereocenters. The van der Waals surface area contributed by atoms with Crippen molar-refractivity contribution in [1.29, 1.82) is 0 Å². The molecule has 92 valence electrons. The number of hydrogen-bond donors (Lipinski definition) is 2. The molecule has 0 amide bonds. The van der Waals surface area contributed by atoms with Crippen molar-refractivity contribution in [2.45, 2.75) is 26.4 Å². The second kappa shape index (κ2) is 6.52. The number of benzene rings is 1. The third kappa shape index (κ3) is 4.55. The predicted molar refractivity (Wildman–Crippen MR) is 70.2 cm³/mol. The minimum atomic E-state index is -0.0680. The summed E-state index contributed by atoms with van der Waals surface area (Å²) in [6, 6.07) is 7.60. The van der Waals surface area contributed by atoms with Crippen LogP contribution in [0.2, 0.25) is 0 Å². The smallest absolute Gasteiger partial charge is 0.211 e. The molecule has 0 aliphatic heterocycles. The fraction of sp³-hybridized carbons (Fsp3) is 0.333. The topological polar surface area (TPSA) is 86.0 Å². The van der Waals surface area contributed by atoms with Gasteiger partial charge in [0.15, 0.2) is 0 Å². The molecular formula is C12H18N4O. The van der Waals surface area contributed by atoms with Crippen LogP contribution in [0.1, 0.15) is 25.8 Å². The summed E-state index contributed by atoms with van der Waals surface area (Å²) in [5.41, 5.74) is 11.2. The molecular weight excluding hydrogens is 216 g/mol. The standard InChI is InChI=1S/C12H18N4O/c1-3-9(2)17-11-7-5-4-6-10(11)8-15-16-12(13)14/h4-9H,3H2,1-2H3,(H4,13,14,16). The number of rotatable bonds is 5. The average Bonchev–Trinajstić information content (AvgIpc) is 2.30. The summed E-state index contributed by atoms with van der Waals surface area (Å²) in [5.74, 6) is 0.706. The Bertz CT molecular complexity index is 411. The summed E-state index contributed by atoms with van der Waals surface area (Å²) in [5, 5.41) is 7.31. The molecule has 0 saturated heterocycles. The largest absolute Gasteiger partial charge is 0.490 e. The molecule has 5 heteroatoms. The number of nitrogens with two attached hydrogens (primary N) is 2. The lowest BCUT2D eigenvalue weighted by molar-refractivity contribution is 0.217. The molecule has 1 atom stereocenters. The minimum absolute atomic E-state index is 0.0680. The van der Waals surface area contributed by atoms with Crippen molar-refractivity contribution in [2.24, 2.45) is 21.7 Å². The van der Waals surface area contributed by atoms with Crippen LogP contribution in [0.4, 0.5) is 0 Å². The van der Waals surface area contributed by atoms with Crippen LogP contribution in [-0.4, -0.2) is 18.3 Å². The maximum Gasteiger partial charge on any atom is 0.211 e. The van der Waals surface area contributed by atoms with Crippen LogP contribution >= 0.6 is 0 Å². The van der Waals surface area contributed by atoms with E-state index in [1.54, 1.807) is 6.21 Å². The van der Waals surface area contributed by atoms with Gasteiger partial charge >= 0.3 is 0 Å². The van der Waals surface area contributed by atoms with Crippen molar-refractivity contribution in [1.82, 2.24) is 0 Å². The zero-order chi connectivity index (χ0) is 12.7. The zero-order valence-electron chi connectivity index (χ0n) is 10.1. The number of hydrogen-bond acceptors (Lipinski definition) is 3. The lowest BCUT2D eigenvalue weighted by Crippen LogP contribution is -2.21. The van der Waals surface area contributed by atoms with Gasteiger partial charge in [0.1, 0.15) is 5.75 Å². The van der Waals surface area contributed by atoms with Gasteiger partial charge in [0.05, 0.1) is 12.3 Å². The zero-order valence-corrected chi connectivity index (χ0v) is 10.1. The van der Waals surface area contributed by atoms with E-state index in [1.807, 2.05) is 31.2 Å². The normalized spacial score (nSPS) is 12.4. The predicted octanol–water partition coefficient (Wildman–Crippen LogP) is 1.47. The monoisotopic (exact) mass is 234 g/mol. The molecule has 0 aliphatic carbocycles. The van der Waals surface area contributed by atoms with E-state index in [4.69, 9.17) is 16.2 Å². The van der Waals surface area contributed by atoms with E-state index in [2.05, 4.69) is 17.1 Å². The summed E-state index contributed by atoms with van der Waals surface area (Å²) < 4.78 is 5.75. The van der Waals surface area contributed by atoms with Gasteiger partial charge in [0.2, 0.25) is 5.96 Å². The maximum atomic E-state index is 5.75. The van der Waals surface area contributed by atoms with Crippen LogP contribution in [0.5, 0.6) is 5.75 Å². The van der Waals surface area contributed by atoms with Gasteiger partial charge in [-0.2, -0.15) is 5.10 Å². The van der Waals surface area contributed by atoms with Crippen LogP contribution < -0.4 is 16.2 Å². The van der Waals surface area contributed by atoms with Gasteiger partial charge in [-0.1, -0.05) is 19.1 Å². The Balaban J connectivity index is 2.84. The second-order valence-electron chi connectivity index (χ2n) is 3.64. The van der Waals surface area contributed by atoms with Gasteiger partial charge in [-0.05, 0) is 25.5 Å². The highest BCUT2D eigenvalue weighted by molar-refractivity contribution is 5.84. The van der Waals surface area contributed by atoms with E-state index < -0.39 is 0 Å². The summed E-state index contributed by atoms with van der Waals surface area (Å²) in [7, 11) is 0. The van der Waals surface area contributed by atoms with Crippen LogP contribution in [0, 0.1) is 0 Å². The molecule has 0 heterocycles. The van der Waals surface area contributed by atoms with Crippen LogP contribution in [0.15, 0.2) is 34.5 Å². The van der Waals surface area contributed by atoms with Gasteiger partial charge in [0.25, 0.3) is 0 Å². The molecule has 0 fully saturated rings. The average molecular weight is 234 g/mol. The van der Waals surface area contributed by atoms with Crippen LogP contribution in [0.25, 0.3) is 0 Å². The Hall–Kier alpha value is -2.04. The fourth-order valence-corrected chi connectivity index (χ4v) is 1.15. The molecule has 1 rings (SSSR count). The highest BCUT2D eigenvalue weighted by atomic mass is 16.5. The molecule has 0 saturated carbocycles. The quantitative estimate of drug-likeness (QED) is 0.459. The molecule has 17 heavy (non-hydrogen) atoms. The molecule has 4 N–H and O–H groups in total. The lowest BCUT2D eigenvalue weighted by Gasteiger charge is -2.14. The van der Waals surface area contributed by atoms with Gasteiger partial charge in [-0.25, -0.2) is 0 Å². The first kappa shape index (κ1) is 13.0. The van der Waals surface area contributed by atoms with Crippen molar-refractivity contribution in [3.05, 3.63) is 29.8 Å². The van der Waals surface area contributed by atoms with E-state index in [0.29, 0.717) is 0 Å². The molecule has 1 aromatic carbocycles. The number of guanidine groups is 1. The Morgan fingerprint density at radius 1 is 1.41 bits per heavy atom. The maximum absolute atomic E-state index is 5.75. The summed E-state index contributed by atoms with van der Waals surface area (Å²) in [4.78, 5) is 0. The number of ether oxygens (including phenoxy) is 1. The highest BCUT2D eigenvalue weighted by Crippen LogP contribution is 2.18. The van der Waals surface area contributed by atoms with Crippen molar-refractivity contribution in [3.8, 4) is 5.75 Å². The fourth-order valence-electron chi connectivity index (χ4n) is 1.15. The van der Waals surface area contributed by atoms with Gasteiger partial charge in [-0.15, -0.1) is 5.10 Å². The molecule has 0 aromatic heterocycles.